The molecule has 3 aromatic carbocycles. The lowest BCUT2D eigenvalue weighted by Gasteiger charge is -2.30. The van der Waals surface area contributed by atoms with Gasteiger partial charge in [-0.3, -0.25) is 14.4 Å². The predicted octanol–water partition coefficient (Wildman–Crippen LogP) is 5.06. The zero-order valence-corrected chi connectivity index (χ0v) is 21.9. The monoisotopic (exact) mass is 528 g/mol. The normalized spacial score (nSPS) is 16.0. The summed E-state index contributed by atoms with van der Waals surface area (Å²) in [5.41, 5.74) is 2.78. The van der Waals surface area contributed by atoms with Gasteiger partial charge in [0.15, 0.2) is 0 Å². The highest BCUT2D eigenvalue weighted by molar-refractivity contribution is 6.06. The molecule has 202 valence electrons. The summed E-state index contributed by atoms with van der Waals surface area (Å²) >= 11 is 0. The second-order valence-electron chi connectivity index (χ2n) is 10.0. The molecule has 0 aromatic heterocycles. The van der Waals surface area contributed by atoms with E-state index in [0.29, 0.717) is 55.0 Å². The molecule has 0 aliphatic carbocycles. The molecule has 2 fully saturated rings. The van der Waals surface area contributed by atoms with Crippen LogP contribution in [0, 0.1) is 5.82 Å². The molecule has 2 aliphatic rings. The Hall–Kier alpha value is -4.20. The van der Waals surface area contributed by atoms with Gasteiger partial charge in [-0.25, -0.2) is 4.39 Å². The van der Waals surface area contributed by atoms with Gasteiger partial charge in [-0.15, -0.1) is 0 Å². The van der Waals surface area contributed by atoms with Crippen LogP contribution in [0.25, 0.3) is 0 Å². The lowest BCUT2D eigenvalue weighted by molar-refractivity contribution is 0.0723. The van der Waals surface area contributed by atoms with E-state index in [1.807, 2.05) is 35.2 Å². The Morgan fingerprint density at radius 1 is 0.641 bits per heavy atom. The number of piperidine rings is 1. The molecule has 0 bridgehead atoms. The van der Waals surface area contributed by atoms with Crippen molar-refractivity contribution in [3.05, 3.63) is 95.3 Å². The van der Waals surface area contributed by atoms with Gasteiger partial charge >= 0.3 is 0 Å². The van der Waals surface area contributed by atoms with E-state index in [0.717, 1.165) is 38.0 Å². The molecule has 1 N–H and O–H groups in total. The van der Waals surface area contributed by atoms with Crippen LogP contribution < -0.4 is 10.2 Å². The molecule has 0 atom stereocenters. The number of nitrogens with one attached hydrogen (secondary N) is 1. The van der Waals surface area contributed by atoms with Crippen molar-refractivity contribution in [2.24, 2.45) is 0 Å². The van der Waals surface area contributed by atoms with Crippen LogP contribution in [0.2, 0.25) is 0 Å². The molecule has 0 saturated carbocycles. The first-order valence-corrected chi connectivity index (χ1v) is 13.6. The van der Waals surface area contributed by atoms with Gasteiger partial charge in [-0.2, -0.15) is 0 Å². The van der Waals surface area contributed by atoms with Crippen molar-refractivity contribution in [1.82, 2.24) is 9.80 Å². The first kappa shape index (κ1) is 26.4. The quantitative estimate of drug-likeness (QED) is 0.503. The smallest absolute Gasteiger partial charge is 0.256 e. The molecule has 0 radical (unpaired) electrons. The number of carbonyl (C=O) groups is 3. The minimum Gasteiger partial charge on any atom is -0.369 e. The maximum Gasteiger partial charge on any atom is 0.256 e. The van der Waals surface area contributed by atoms with Crippen molar-refractivity contribution in [3.63, 3.8) is 0 Å². The Bertz CT molecular complexity index is 1340. The third-order valence-corrected chi connectivity index (χ3v) is 7.36. The molecule has 3 aromatic rings. The lowest BCUT2D eigenvalue weighted by atomic mass is 10.1. The maximum absolute atomic E-state index is 13.7. The predicted molar refractivity (Wildman–Crippen MR) is 150 cm³/mol. The van der Waals surface area contributed by atoms with Gasteiger partial charge in [0.05, 0.1) is 5.56 Å². The van der Waals surface area contributed by atoms with Crippen LogP contribution >= 0.6 is 0 Å². The summed E-state index contributed by atoms with van der Waals surface area (Å²) in [5, 5.41) is 2.93. The highest BCUT2D eigenvalue weighted by Gasteiger charge is 2.26. The fourth-order valence-electron chi connectivity index (χ4n) is 5.29. The summed E-state index contributed by atoms with van der Waals surface area (Å²) < 4.78 is 13.7. The summed E-state index contributed by atoms with van der Waals surface area (Å²) in [4.78, 5) is 45.3. The van der Waals surface area contributed by atoms with Gasteiger partial charge < -0.3 is 20.0 Å². The van der Waals surface area contributed by atoms with Crippen LogP contribution in [0.3, 0.4) is 0 Å². The Balaban J connectivity index is 1.38. The van der Waals surface area contributed by atoms with E-state index in [1.165, 1.54) is 12.1 Å². The lowest BCUT2D eigenvalue weighted by Crippen LogP contribution is -2.38. The Morgan fingerprint density at radius 3 is 2.13 bits per heavy atom. The summed E-state index contributed by atoms with van der Waals surface area (Å²) in [7, 11) is 0. The van der Waals surface area contributed by atoms with Gasteiger partial charge in [0.25, 0.3) is 17.7 Å². The minimum absolute atomic E-state index is 0.0440. The number of rotatable bonds is 5. The van der Waals surface area contributed by atoms with E-state index < -0.39 is 5.82 Å². The number of halogens is 1. The molecule has 2 heterocycles. The minimum atomic E-state index is -0.433. The van der Waals surface area contributed by atoms with Gasteiger partial charge in [-0.05, 0) is 74.2 Å². The van der Waals surface area contributed by atoms with Crippen LogP contribution in [0.15, 0.2) is 72.8 Å². The second-order valence-corrected chi connectivity index (χ2v) is 10.0. The van der Waals surface area contributed by atoms with Gasteiger partial charge in [0, 0.05) is 61.8 Å². The molecular formula is C31H33FN4O3. The summed E-state index contributed by atoms with van der Waals surface area (Å²) in [6.45, 7) is 3.65. The molecule has 0 spiro atoms. The van der Waals surface area contributed by atoms with Crippen molar-refractivity contribution < 1.29 is 18.8 Å². The van der Waals surface area contributed by atoms with Gasteiger partial charge in [-0.1, -0.05) is 24.3 Å². The largest absolute Gasteiger partial charge is 0.369 e. The zero-order valence-electron chi connectivity index (χ0n) is 21.9. The van der Waals surface area contributed by atoms with E-state index in [2.05, 4.69) is 10.2 Å². The van der Waals surface area contributed by atoms with E-state index in [9.17, 15) is 18.8 Å². The number of amides is 3. The standard InChI is InChI=1S/C31H33FN4O3/c32-25-12-7-11-24(21-25)30(38)36-18-8-17-34(19-20-36)28-14-13-26(33-29(37)23-9-3-1-4-10-23)22-27(28)31(39)35-15-5-2-6-16-35/h1,3-4,7,9-14,21-22H,2,5-6,8,15-20H2,(H,33,37). The van der Waals surface area contributed by atoms with Crippen molar-refractivity contribution in [3.8, 4) is 0 Å². The number of anilines is 2. The van der Waals surface area contributed by atoms with Crippen LogP contribution in [-0.4, -0.2) is 66.8 Å². The second kappa shape index (κ2) is 12.1. The summed E-state index contributed by atoms with van der Waals surface area (Å²) in [6.07, 6.45) is 3.79. The molecule has 39 heavy (non-hydrogen) atoms. The van der Waals surface area contributed by atoms with E-state index in [4.69, 9.17) is 0 Å². The number of carbonyl (C=O) groups excluding carboxylic acids is 3. The van der Waals surface area contributed by atoms with Crippen LogP contribution in [-0.2, 0) is 0 Å². The molecular weight excluding hydrogens is 495 g/mol. The summed E-state index contributed by atoms with van der Waals surface area (Å²) in [5.74, 6) is -0.906. The zero-order chi connectivity index (χ0) is 27.2. The van der Waals surface area contributed by atoms with Crippen molar-refractivity contribution in [2.75, 3.05) is 49.5 Å². The molecule has 5 rings (SSSR count). The fourth-order valence-corrected chi connectivity index (χ4v) is 5.29. The van der Waals surface area contributed by atoms with E-state index >= 15 is 0 Å². The summed E-state index contributed by atoms with van der Waals surface area (Å²) in [6, 6.07) is 20.2. The van der Waals surface area contributed by atoms with Crippen LogP contribution in [0.4, 0.5) is 15.8 Å². The number of benzene rings is 3. The third-order valence-electron chi connectivity index (χ3n) is 7.36. The van der Waals surface area contributed by atoms with Crippen molar-refractivity contribution in [1.29, 1.82) is 0 Å². The molecule has 2 saturated heterocycles. The number of hydrogen-bond acceptors (Lipinski definition) is 4. The fraction of sp³-hybridized carbons (Fsp3) is 0.323. The molecule has 3 amide bonds. The highest BCUT2D eigenvalue weighted by Crippen LogP contribution is 2.28. The Morgan fingerprint density at radius 2 is 1.36 bits per heavy atom. The van der Waals surface area contributed by atoms with E-state index in [-0.39, 0.29) is 17.7 Å². The number of nitrogens with zero attached hydrogens (tertiary/aromatic N) is 3. The Labute approximate surface area is 228 Å². The SMILES string of the molecule is O=C(Nc1ccc(N2CCCN(C(=O)c3cccc(F)c3)CC2)c(C(=O)N2CCCCC2)c1)c1ccccc1. The molecule has 7 nitrogen and oxygen atoms in total. The Kier molecular flexibility index (Phi) is 8.20. The van der Waals surface area contributed by atoms with Crippen molar-refractivity contribution >= 4 is 29.1 Å². The highest BCUT2D eigenvalue weighted by atomic mass is 19.1. The third kappa shape index (κ3) is 6.28. The maximum atomic E-state index is 13.7. The molecule has 2 aliphatic heterocycles. The first-order valence-electron chi connectivity index (χ1n) is 13.6. The van der Waals surface area contributed by atoms with Gasteiger partial charge in [0.1, 0.15) is 5.82 Å². The van der Waals surface area contributed by atoms with E-state index in [1.54, 1.807) is 35.2 Å². The molecule has 0 unspecified atom stereocenters. The topological polar surface area (TPSA) is 73.0 Å². The van der Waals surface area contributed by atoms with Crippen LogP contribution in [0.5, 0.6) is 0 Å². The molecule has 8 heteroatoms. The average Bonchev–Trinajstić information content (AvgIpc) is 3.23. The van der Waals surface area contributed by atoms with Gasteiger partial charge in [0.2, 0.25) is 0 Å². The first-order chi connectivity index (χ1) is 19.0. The van der Waals surface area contributed by atoms with Crippen molar-refractivity contribution in [2.45, 2.75) is 25.7 Å². The number of likely N-dealkylation sites (tertiary alicyclic amines) is 1. The average molecular weight is 529 g/mol. The van der Waals surface area contributed by atoms with Crippen LogP contribution in [0.1, 0.15) is 56.8 Å². The number of hydrogen-bond donors (Lipinski definition) is 1.